The molecule has 0 atom stereocenters. The van der Waals surface area contributed by atoms with Crippen molar-refractivity contribution in [3.8, 4) is 0 Å². The molecule has 1 heterocycles. The molecule has 1 aliphatic heterocycles. The van der Waals surface area contributed by atoms with Gasteiger partial charge in [0.05, 0.1) is 10.6 Å². The van der Waals surface area contributed by atoms with Crippen molar-refractivity contribution in [2.75, 3.05) is 29.8 Å². The largest absolute Gasteiger partial charge is 0.326 e. The molecule has 6 nitrogen and oxygen atoms in total. The Kier molecular flexibility index (Phi) is 5.58. The number of carbonyl (C=O) groups is 1. The van der Waals surface area contributed by atoms with Gasteiger partial charge in [-0.3, -0.25) is 9.10 Å². The lowest BCUT2D eigenvalue weighted by atomic mass is 9.97. The van der Waals surface area contributed by atoms with Crippen molar-refractivity contribution in [3.05, 3.63) is 54.6 Å². The van der Waals surface area contributed by atoms with E-state index in [0.29, 0.717) is 11.4 Å². The summed E-state index contributed by atoms with van der Waals surface area (Å²) in [5.74, 6) is -0.0963. The molecule has 0 unspecified atom stereocenters. The fraction of sp³-hybridized carbons (Fsp3) is 0.316. The quantitative estimate of drug-likeness (QED) is 0.844. The first-order valence-electron chi connectivity index (χ1n) is 8.64. The van der Waals surface area contributed by atoms with Crippen molar-refractivity contribution >= 4 is 27.3 Å². The smallest absolute Gasteiger partial charge is 0.264 e. The zero-order valence-electron chi connectivity index (χ0n) is 14.7. The van der Waals surface area contributed by atoms with Crippen molar-refractivity contribution in [3.63, 3.8) is 0 Å². The van der Waals surface area contributed by atoms with Gasteiger partial charge in [0.1, 0.15) is 0 Å². The number of nitrogens with one attached hydrogen (secondary N) is 2. The molecule has 2 aromatic carbocycles. The summed E-state index contributed by atoms with van der Waals surface area (Å²) in [4.78, 5) is 12.5. The van der Waals surface area contributed by atoms with Gasteiger partial charge >= 0.3 is 0 Å². The Morgan fingerprint density at radius 2 is 1.77 bits per heavy atom. The summed E-state index contributed by atoms with van der Waals surface area (Å²) in [6.45, 7) is 1.66. The van der Waals surface area contributed by atoms with Gasteiger partial charge in [-0.05, 0) is 56.3 Å². The Labute approximate surface area is 154 Å². The zero-order valence-corrected chi connectivity index (χ0v) is 15.5. The molecule has 0 bridgehead atoms. The molecule has 26 heavy (non-hydrogen) atoms. The molecule has 1 saturated heterocycles. The lowest BCUT2D eigenvalue weighted by Gasteiger charge is -2.22. The van der Waals surface area contributed by atoms with Crippen LogP contribution in [0.2, 0.25) is 0 Å². The molecular weight excluding hydrogens is 350 g/mol. The lowest BCUT2D eigenvalue weighted by Crippen LogP contribution is -2.34. The number of piperidine rings is 1. The molecule has 1 aliphatic rings. The Hall–Kier alpha value is -2.38. The van der Waals surface area contributed by atoms with Crippen molar-refractivity contribution < 1.29 is 13.2 Å². The van der Waals surface area contributed by atoms with Crippen molar-refractivity contribution in [2.45, 2.75) is 17.7 Å². The second-order valence-corrected chi connectivity index (χ2v) is 8.32. The van der Waals surface area contributed by atoms with Crippen LogP contribution in [0.15, 0.2) is 59.5 Å². The highest BCUT2D eigenvalue weighted by Crippen LogP contribution is 2.24. The van der Waals surface area contributed by atoms with E-state index < -0.39 is 10.0 Å². The number of carbonyl (C=O) groups excluding carboxylic acids is 1. The normalized spacial score (nSPS) is 15.4. The monoisotopic (exact) mass is 373 g/mol. The van der Waals surface area contributed by atoms with Gasteiger partial charge in [0, 0.05) is 18.7 Å². The van der Waals surface area contributed by atoms with Crippen LogP contribution in [0.5, 0.6) is 0 Å². The van der Waals surface area contributed by atoms with E-state index >= 15 is 0 Å². The molecule has 2 aromatic rings. The molecule has 3 rings (SSSR count). The molecule has 0 saturated carbocycles. The van der Waals surface area contributed by atoms with Crippen molar-refractivity contribution in [2.24, 2.45) is 5.92 Å². The maximum atomic E-state index is 12.9. The third kappa shape index (κ3) is 4.05. The molecule has 0 aliphatic carbocycles. The van der Waals surface area contributed by atoms with E-state index in [1.54, 1.807) is 36.4 Å². The predicted octanol–water partition coefficient (Wildman–Crippen LogP) is 2.45. The fourth-order valence-electron chi connectivity index (χ4n) is 3.00. The molecule has 0 spiro atoms. The summed E-state index contributed by atoms with van der Waals surface area (Å²) >= 11 is 0. The molecule has 0 radical (unpaired) electrons. The number of rotatable bonds is 5. The van der Waals surface area contributed by atoms with Crippen molar-refractivity contribution in [1.82, 2.24) is 5.32 Å². The summed E-state index contributed by atoms with van der Waals surface area (Å²) in [5, 5.41) is 6.08. The topological polar surface area (TPSA) is 78.5 Å². The minimum absolute atomic E-state index is 0.0384. The van der Waals surface area contributed by atoms with E-state index in [4.69, 9.17) is 0 Å². The van der Waals surface area contributed by atoms with Crippen LogP contribution < -0.4 is 14.9 Å². The minimum Gasteiger partial charge on any atom is -0.326 e. The SMILES string of the molecule is CN(c1ccccc1)S(=O)(=O)c1cccc(NC(=O)C2CCNCC2)c1. The van der Waals surface area contributed by atoms with Gasteiger partial charge in [-0.2, -0.15) is 0 Å². The molecule has 7 heteroatoms. The maximum absolute atomic E-state index is 12.9. The van der Waals surface area contributed by atoms with Crippen LogP contribution in [-0.4, -0.2) is 34.5 Å². The van der Waals surface area contributed by atoms with Crippen LogP contribution >= 0.6 is 0 Å². The standard InChI is InChI=1S/C19H23N3O3S/c1-22(17-7-3-2-4-8-17)26(24,25)18-9-5-6-16(14-18)21-19(23)15-10-12-20-13-11-15/h2-9,14-15,20H,10-13H2,1H3,(H,21,23). The van der Waals surface area contributed by atoms with Crippen LogP contribution in [0, 0.1) is 5.92 Å². The van der Waals surface area contributed by atoms with Crippen molar-refractivity contribution in [1.29, 1.82) is 0 Å². The average Bonchev–Trinajstić information content (AvgIpc) is 2.69. The average molecular weight is 373 g/mol. The van der Waals surface area contributed by atoms with Crippen LogP contribution in [0.25, 0.3) is 0 Å². The van der Waals surface area contributed by atoms with Gasteiger partial charge in [-0.15, -0.1) is 0 Å². The Balaban J connectivity index is 1.79. The first-order chi connectivity index (χ1) is 12.5. The van der Waals surface area contributed by atoms with Gasteiger partial charge in [-0.1, -0.05) is 24.3 Å². The first kappa shape index (κ1) is 18.4. The number of benzene rings is 2. The number of sulfonamides is 1. The number of nitrogens with zero attached hydrogens (tertiary/aromatic N) is 1. The lowest BCUT2D eigenvalue weighted by molar-refractivity contribution is -0.120. The highest BCUT2D eigenvalue weighted by atomic mass is 32.2. The van der Waals surface area contributed by atoms with E-state index in [1.165, 1.54) is 23.5 Å². The number of anilines is 2. The van der Waals surface area contributed by atoms with Crippen LogP contribution in [0.4, 0.5) is 11.4 Å². The number of hydrogen-bond donors (Lipinski definition) is 2. The van der Waals surface area contributed by atoms with Crippen LogP contribution in [0.3, 0.4) is 0 Å². The van der Waals surface area contributed by atoms with E-state index in [9.17, 15) is 13.2 Å². The molecule has 1 fully saturated rings. The predicted molar refractivity (Wildman–Crippen MR) is 103 cm³/mol. The highest BCUT2D eigenvalue weighted by molar-refractivity contribution is 7.92. The second-order valence-electron chi connectivity index (χ2n) is 6.35. The summed E-state index contributed by atoms with van der Waals surface area (Å²) in [7, 11) is -2.18. The molecule has 1 amide bonds. The second kappa shape index (κ2) is 7.88. The summed E-state index contributed by atoms with van der Waals surface area (Å²) in [6, 6.07) is 15.3. The van der Waals surface area contributed by atoms with Gasteiger partial charge in [0.15, 0.2) is 0 Å². The molecule has 2 N–H and O–H groups in total. The third-order valence-corrected chi connectivity index (χ3v) is 6.37. The van der Waals surface area contributed by atoms with Gasteiger partial charge in [0.2, 0.25) is 5.91 Å². The van der Waals surface area contributed by atoms with Crippen LogP contribution in [0.1, 0.15) is 12.8 Å². The summed E-state index contributed by atoms with van der Waals surface area (Å²) < 4.78 is 27.0. The van der Waals surface area contributed by atoms with Gasteiger partial charge < -0.3 is 10.6 Å². The Morgan fingerprint density at radius 1 is 1.08 bits per heavy atom. The highest BCUT2D eigenvalue weighted by Gasteiger charge is 2.23. The Morgan fingerprint density at radius 3 is 2.46 bits per heavy atom. The van der Waals surface area contributed by atoms with Crippen LogP contribution in [-0.2, 0) is 14.8 Å². The molecule has 0 aromatic heterocycles. The van der Waals surface area contributed by atoms with E-state index in [1.807, 2.05) is 6.07 Å². The molecule has 138 valence electrons. The first-order valence-corrected chi connectivity index (χ1v) is 10.1. The summed E-state index contributed by atoms with van der Waals surface area (Å²) in [5.41, 5.74) is 1.08. The third-order valence-electron chi connectivity index (χ3n) is 4.59. The van der Waals surface area contributed by atoms with E-state index in [-0.39, 0.29) is 16.7 Å². The van der Waals surface area contributed by atoms with Gasteiger partial charge in [-0.25, -0.2) is 8.42 Å². The zero-order chi connectivity index (χ0) is 18.6. The maximum Gasteiger partial charge on any atom is 0.264 e. The minimum atomic E-state index is -3.70. The van der Waals surface area contributed by atoms with E-state index in [2.05, 4.69) is 10.6 Å². The van der Waals surface area contributed by atoms with Gasteiger partial charge in [0.25, 0.3) is 10.0 Å². The number of hydrogen-bond acceptors (Lipinski definition) is 4. The number of para-hydroxylation sites is 1. The number of amides is 1. The fourth-order valence-corrected chi connectivity index (χ4v) is 4.24. The molecular formula is C19H23N3O3S. The van der Waals surface area contributed by atoms with E-state index in [0.717, 1.165) is 25.9 Å². The Bertz CT molecular complexity index is 863. The summed E-state index contributed by atoms with van der Waals surface area (Å²) in [6.07, 6.45) is 1.58.